The summed E-state index contributed by atoms with van der Waals surface area (Å²) in [4.78, 5) is 38.1. The molecule has 1 aromatic carbocycles. The lowest BCUT2D eigenvalue weighted by molar-refractivity contribution is -0.139. The molecular weight excluding hydrogens is 368 g/mol. The van der Waals surface area contributed by atoms with Gasteiger partial charge in [0.15, 0.2) is 0 Å². The molecule has 0 unspecified atom stereocenters. The van der Waals surface area contributed by atoms with Crippen LogP contribution in [0.15, 0.2) is 60.0 Å². The number of carbonyl (C=O) groups excluding carboxylic acids is 3. The van der Waals surface area contributed by atoms with Crippen molar-refractivity contribution >= 4 is 40.3 Å². The van der Waals surface area contributed by atoms with Crippen LogP contribution in [-0.2, 0) is 22.7 Å². The minimum atomic E-state index is -0.694. The zero-order valence-electron chi connectivity index (χ0n) is 13.7. The summed E-state index contributed by atoms with van der Waals surface area (Å²) < 4.78 is 0. The summed E-state index contributed by atoms with van der Waals surface area (Å²) in [7, 11) is 0. The van der Waals surface area contributed by atoms with Gasteiger partial charge in [0.05, 0.1) is 16.3 Å². The highest BCUT2D eigenvalue weighted by molar-refractivity contribution is 7.16. The van der Waals surface area contributed by atoms with Crippen LogP contribution in [0.2, 0.25) is 0 Å². The number of thiophene rings is 2. The van der Waals surface area contributed by atoms with Gasteiger partial charge in [0.2, 0.25) is 5.78 Å². The third kappa shape index (κ3) is 4.65. The Morgan fingerprint density at radius 1 is 0.769 bits per heavy atom. The molecule has 3 rings (SSSR count). The lowest BCUT2D eigenvalue weighted by atomic mass is 10.2. The molecule has 2 N–H and O–H groups in total. The van der Waals surface area contributed by atoms with Crippen molar-refractivity contribution in [3.05, 3.63) is 80.2 Å². The Morgan fingerprint density at radius 2 is 1.50 bits per heavy atom. The summed E-state index contributed by atoms with van der Waals surface area (Å²) in [5, 5.41) is 7.01. The lowest BCUT2D eigenvalue weighted by Gasteiger charge is -2.05. The molecule has 7 heteroatoms. The molecule has 2 amide bonds. The highest BCUT2D eigenvalue weighted by atomic mass is 32.1. The maximum absolute atomic E-state index is 12.3. The van der Waals surface area contributed by atoms with Crippen molar-refractivity contribution in [2.45, 2.75) is 13.1 Å². The fourth-order valence-corrected chi connectivity index (χ4v) is 3.87. The fourth-order valence-electron chi connectivity index (χ4n) is 2.23. The first-order valence-electron chi connectivity index (χ1n) is 7.90. The van der Waals surface area contributed by atoms with Gasteiger partial charge in [-0.3, -0.25) is 14.4 Å². The van der Waals surface area contributed by atoms with Crippen LogP contribution in [0, 0.1) is 0 Å². The highest BCUT2D eigenvalue weighted by Gasteiger charge is 2.15. The van der Waals surface area contributed by atoms with Gasteiger partial charge in [-0.1, -0.05) is 36.4 Å². The summed E-state index contributed by atoms with van der Waals surface area (Å²) in [6.45, 7) is 0.505. The Kier molecular flexibility index (Phi) is 5.93. The predicted octanol–water partition coefficient (Wildman–Crippen LogP) is 2.97. The van der Waals surface area contributed by atoms with Crippen LogP contribution in [0.4, 0.5) is 0 Å². The number of carbonyl (C=O) groups is 3. The van der Waals surface area contributed by atoms with Gasteiger partial charge in [-0.25, -0.2) is 0 Å². The topological polar surface area (TPSA) is 75.3 Å². The van der Waals surface area contributed by atoms with E-state index in [0.717, 1.165) is 10.4 Å². The van der Waals surface area contributed by atoms with Crippen molar-refractivity contribution in [2.24, 2.45) is 0 Å². The Bertz CT molecular complexity index is 902. The minimum Gasteiger partial charge on any atom is -0.344 e. The van der Waals surface area contributed by atoms with Gasteiger partial charge in [-0.15, -0.1) is 22.7 Å². The van der Waals surface area contributed by atoms with Crippen molar-refractivity contribution in [2.75, 3.05) is 0 Å². The quantitative estimate of drug-likeness (QED) is 0.507. The highest BCUT2D eigenvalue weighted by Crippen LogP contribution is 2.22. The first kappa shape index (κ1) is 18.0. The molecule has 132 valence electrons. The van der Waals surface area contributed by atoms with Crippen molar-refractivity contribution in [1.82, 2.24) is 10.6 Å². The summed E-state index contributed by atoms with van der Waals surface area (Å²) in [5.74, 6) is -1.40. The second kappa shape index (κ2) is 8.55. The lowest BCUT2D eigenvalue weighted by Crippen LogP contribution is -2.39. The molecule has 0 saturated carbocycles. The second-order valence-electron chi connectivity index (χ2n) is 5.42. The number of ketones is 1. The third-order valence-electron chi connectivity index (χ3n) is 3.56. The molecule has 0 aliphatic rings. The van der Waals surface area contributed by atoms with Gasteiger partial charge >= 0.3 is 11.8 Å². The molecule has 2 heterocycles. The smallest absolute Gasteiger partial charge is 0.309 e. The Morgan fingerprint density at radius 3 is 2.19 bits per heavy atom. The van der Waals surface area contributed by atoms with Gasteiger partial charge in [0.25, 0.3) is 0 Å². The zero-order valence-corrected chi connectivity index (χ0v) is 15.4. The second-order valence-corrected chi connectivity index (χ2v) is 7.54. The largest absolute Gasteiger partial charge is 0.344 e. The van der Waals surface area contributed by atoms with Crippen LogP contribution in [0.1, 0.15) is 25.0 Å². The Hall–Kier alpha value is -2.77. The van der Waals surface area contributed by atoms with Crippen LogP contribution in [0.25, 0.3) is 0 Å². The maximum Gasteiger partial charge on any atom is 0.309 e. The maximum atomic E-state index is 12.3. The average Bonchev–Trinajstić information content (AvgIpc) is 3.36. The molecule has 0 fully saturated rings. The molecule has 0 bridgehead atoms. The van der Waals surface area contributed by atoms with Gasteiger partial charge in [0.1, 0.15) is 0 Å². The number of rotatable bonds is 6. The van der Waals surface area contributed by atoms with E-state index in [1.807, 2.05) is 41.8 Å². The van der Waals surface area contributed by atoms with Crippen LogP contribution in [-0.4, -0.2) is 17.6 Å². The summed E-state index contributed by atoms with van der Waals surface area (Å²) in [6, 6.07) is 16.5. The molecule has 0 radical (unpaired) electrons. The average molecular weight is 384 g/mol. The van der Waals surface area contributed by atoms with Crippen LogP contribution in [0.3, 0.4) is 0 Å². The number of benzene rings is 1. The summed E-state index contributed by atoms with van der Waals surface area (Å²) in [5.41, 5.74) is 0.920. The zero-order chi connectivity index (χ0) is 18.4. The molecule has 0 atom stereocenters. The van der Waals surface area contributed by atoms with Gasteiger partial charge in [0, 0.05) is 11.4 Å². The molecule has 3 aromatic rings. The normalized spacial score (nSPS) is 10.3. The summed E-state index contributed by atoms with van der Waals surface area (Å²) >= 11 is 2.71. The number of hydrogen-bond acceptors (Lipinski definition) is 5. The number of amides is 2. The first-order valence-corrected chi connectivity index (χ1v) is 9.60. The number of nitrogens with one attached hydrogen (secondary N) is 2. The molecule has 0 aliphatic carbocycles. The van der Waals surface area contributed by atoms with Gasteiger partial charge < -0.3 is 10.6 Å². The van der Waals surface area contributed by atoms with E-state index in [1.165, 1.54) is 22.7 Å². The monoisotopic (exact) mass is 384 g/mol. The SMILES string of the molecule is O=C(NCc1ccccc1)C(=O)NCc1ccc(C(=O)c2cccs2)s1. The Labute approximate surface area is 158 Å². The van der Waals surface area contributed by atoms with Crippen LogP contribution in [0.5, 0.6) is 0 Å². The van der Waals surface area contributed by atoms with Crippen molar-refractivity contribution < 1.29 is 14.4 Å². The van der Waals surface area contributed by atoms with Gasteiger partial charge in [-0.2, -0.15) is 0 Å². The summed E-state index contributed by atoms with van der Waals surface area (Å²) in [6.07, 6.45) is 0. The van der Waals surface area contributed by atoms with Crippen LogP contribution >= 0.6 is 22.7 Å². The first-order chi connectivity index (χ1) is 12.6. The van der Waals surface area contributed by atoms with E-state index in [4.69, 9.17) is 0 Å². The van der Waals surface area contributed by atoms with Crippen molar-refractivity contribution in [3.63, 3.8) is 0 Å². The van der Waals surface area contributed by atoms with E-state index in [2.05, 4.69) is 10.6 Å². The molecule has 26 heavy (non-hydrogen) atoms. The molecule has 0 spiro atoms. The molecule has 0 saturated heterocycles. The van der Waals surface area contributed by atoms with Crippen molar-refractivity contribution in [1.29, 1.82) is 0 Å². The van der Waals surface area contributed by atoms with E-state index in [0.29, 0.717) is 16.3 Å². The Balaban J connectivity index is 1.48. The molecule has 0 aliphatic heterocycles. The van der Waals surface area contributed by atoms with E-state index in [-0.39, 0.29) is 12.3 Å². The van der Waals surface area contributed by atoms with Crippen LogP contribution < -0.4 is 10.6 Å². The standard InChI is InChI=1S/C19H16N2O3S2/c22-17(15-7-4-10-25-15)16-9-8-14(26-16)12-21-19(24)18(23)20-11-13-5-2-1-3-6-13/h1-10H,11-12H2,(H,20,23)(H,21,24). The minimum absolute atomic E-state index is 0.0248. The fraction of sp³-hybridized carbons (Fsp3) is 0.105. The third-order valence-corrected chi connectivity index (χ3v) is 5.51. The van der Waals surface area contributed by atoms with Gasteiger partial charge in [-0.05, 0) is 29.1 Å². The van der Waals surface area contributed by atoms with E-state index < -0.39 is 11.8 Å². The number of hydrogen-bond donors (Lipinski definition) is 2. The van der Waals surface area contributed by atoms with E-state index in [9.17, 15) is 14.4 Å². The molecule has 2 aromatic heterocycles. The predicted molar refractivity (Wildman–Crippen MR) is 102 cm³/mol. The molecule has 5 nitrogen and oxygen atoms in total. The van der Waals surface area contributed by atoms with Crippen molar-refractivity contribution in [3.8, 4) is 0 Å². The molecular formula is C19H16N2O3S2. The van der Waals surface area contributed by atoms with E-state index in [1.54, 1.807) is 18.2 Å². The van der Waals surface area contributed by atoms with E-state index >= 15 is 0 Å².